The van der Waals surface area contributed by atoms with Gasteiger partial charge in [0.05, 0.1) is 12.6 Å². The number of anilines is 1. The molecular weight excluding hydrogens is 287 g/mol. The van der Waals surface area contributed by atoms with Crippen LogP contribution in [-0.2, 0) is 4.57 Å². The van der Waals surface area contributed by atoms with Crippen LogP contribution in [0.15, 0.2) is 17.1 Å². The number of aromatic nitrogens is 2. The van der Waals surface area contributed by atoms with Crippen LogP contribution in [0.2, 0.25) is 0 Å². The molecule has 0 radical (unpaired) electrons. The van der Waals surface area contributed by atoms with Gasteiger partial charge in [-0.1, -0.05) is 0 Å². The quantitative estimate of drug-likeness (QED) is 0.496. The fraction of sp³-hybridized carbons (Fsp3) is 0.600. The summed E-state index contributed by atoms with van der Waals surface area (Å²) in [7, 11) is -4.21. The topological polar surface area (TPSA) is 142 Å². The number of nitrogen functional groups attached to an aromatic ring is 1. The zero-order valence-corrected chi connectivity index (χ0v) is 11.6. The number of aliphatic hydroxyl groups is 1. The number of nitrogens with two attached hydrogens (primary N) is 1. The van der Waals surface area contributed by atoms with Crippen LogP contribution >= 0.6 is 7.60 Å². The van der Waals surface area contributed by atoms with E-state index in [0.29, 0.717) is 6.42 Å². The predicted octanol–water partition coefficient (Wildman–Crippen LogP) is -1.43. The molecule has 2 rings (SSSR count). The van der Waals surface area contributed by atoms with E-state index in [2.05, 4.69) is 4.98 Å². The van der Waals surface area contributed by atoms with E-state index in [9.17, 15) is 14.5 Å². The van der Waals surface area contributed by atoms with Crippen molar-refractivity contribution < 1.29 is 19.5 Å². The summed E-state index contributed by atoms with van der Waals surface area (Å²) in [4.78, 5) is 34.9. The molecule has 0 unspecified atom stereocenters. The third-order valence-corrected chi connectivity index (χ3v) is 4.06. The first-order valence-electron chi connectivity index (χ1n) is 6.04. The molecule has 2 heterocycles. The van der Waals surface area contributed by atoms with Crippen molar-refractivity contribution in [2.45, 2.75) is 18.5 Å². The Hall–Kier alpha value is -1.25. The molecule has 10 heteroatoms. The van der Waals surface area contributed by atoms with Crippen molar-refractivity contribution in [2.75, 3.05) is 25.2 Å². The second-order valence-corrected chi connectivity index (χ2v) is 6.46. The van der Waals surface area contributed by atoms with E-state index in [1.807, 2.05) is 0 Å². The Labute approximate surface area is 114 Å². The minimum absolute atomic E-state index is 0.120. The molecule has 0 aliphatic carbocycles. The molecule has 0 aromatic carbocycles. The zero-order valence-electron chi connectivity index (χ0n) is 10.7. The molecule has 0 spiro atoms. The van der Waals surface area contributed by atoms with Crippen LogP contribution in [0.4, 0.5) is 5.82 Å². The van der Waals surface area contributed by atoms with E-state index >= 15 is 0 Å². The van der Waals surface area contributed by atoms with Crippen LogP contribution in [-0.4, -0.2) is 54.8 Å². The van der Waals surface area contributed by atoms with Crippen LogP contribution in [0.5, 0.6) is 0 Å². The van der Waals surface area contributed by atoms with Gasteiger partial charge in [-0.05, 0) is 12.5 Å². The van der Waals surface area contributed by atoms with Gasteiger partial charge in [-0.2, -0.15) is 4.98 Å². The molecule has 1 aliphatic heterocycles. The second kappa shape index (κ2) is 5.63. The largest absolute Gasteiger partial charge is 0.395 e. The molecule has 0 saturated carbocycles. The van der Waals surface area contributed by atoms with Crippen LogP contribution in [0.25, 0.3) is 0 Å². The molecule has 112 valence electrons. The van der Waals surface area contributed by atoms with Gasteiger partial charge < -0.3 is 20.6 Å². The molecule has 1 aromatic rings. The van der Waals surface area contributed by atoms with Crippen molar-refractivity contribution in [1.82, 2.24) is 14.5 Å². The van der Waals surface area contributed by atoms with Crippen LogP contribution < -0.4 is 11.4 Å². The molecule has 0 bridgehead atoms. The standard InChI is InChI=1S/C10H17N4O5P/c11-9-1-2-14(10(16)12-9)7-3-8(5-15)13(4-7)6-20(17,18)19/h1-2,7-8,15H,3-6H2,(H2,11,12,16)(H2,17,18,19)/t7-,8+/m1/s1. The molecule has 1 saturated heterocycles. The first-order valence-corrected chi connectivity index (χ1v) is 7.84. The van der Waals surface area contributed by atoms with E-state index in [4.69, 9.17) is 15.5 Å². The normalized spacial score (nSPS) is 24.1. The molecule has 5 N–H and O–H groups in total. The summed E-state index contributed by atoms with van der Waals surface area (Å²) in [6.45, 7) is 0.0372. The lowest BCUT2D eigenvalue weighted by atomic mass is 10.2. The molecule has 2 atom stereocenters. The Bertz CT molecular complexity index is 585. The lowest BCUT2D eigenvalue weighted by molar-refractivity contribution is 0.168. The maximum atomic E-state index is 11.8. The van der Waals surface area contributed by atoms with Crippen molar-refractivity contribution in [3.63, 3.8) is 0 Å². The summed E-state index contributed by atoms with van der Waals surface area (Å²) in [5.41, 5.74) is 4.90. The predicted molar refractivity (Wildman–Crippen MR) is 71.1 cm³/mol. The number of hydrogen-bond donors (Lipinski definition) is 4. The Morgan fingerprint density at radius 1 is 1.50 bits per heavy atom. The van der Waals surface area contributed by atoms with Gasteiger partial charge >= 0.3 is 13.3 Å². The van der Waals surface area contributed by atoms with E-state index in [1.165, 1.54) is 21.7 Å². The van der Waals surface area contributed by atoms with Gasteiger partial charge in [-0.25, -0.2) is 4.79 Å². The summed E-state index contributed by atoms with van der Waals surface area (Å²) in [5, 5.41) is 9.29. The molecule has 9 nitrogen and oxygen atoms in total. The summed E-state index contributed by atoms with van der Waals surface area (Å²) in [6, 6.07) is 0.803. The Morgan fingerprint density at radius 3 is 2.75 bits per heavy atom. The Balaban J connectivity index is 2.20. The van der Waals surface area contributed by atoms with Crippen molar-refractivity contribution in [3.8, 4) is 0 Å². The number of aliphatic hydroxyl groups excluding tert-OH is 1. The van der Waals surface area contributed by atoms with E-state index < -0.39 is 25.6 Å². The molecule has 0 amide bonds. The summed E-state index contributed by atoms with van der Waals surface area (Å²) in [5.74, 6) is 0.120. The van der Waals surface area contributed by atoms with Crippen molar-refractivity contribution in [2.24, 2.45) is 0 Å². The SMILES string of the molecule is Nc1ccn([C@@H]2C[C@@H](CO)N(CP(=O)(O)O)C2)c(=O)n1. The highest BCUT2D eigenvalue weighted by atomic mass is 31.2. The van der Waals surface area contributed by atoms with Gasteiger partial charge in [-0.15, -0.1) is 0 Å². The van der Waals surface area contributed by atoms with E-state index in [-0.39, 0.29) is 25.0 Å². The van der Waals surface area contributed by atoms with Crippen molar-refractivity contribution in [3.05, 3.63) is 22.7 Å². The van der Waals surface area contributed by atoms with Crippen molar-refractivity contribution >= 4 is 13.4 Å². The Kier molecular flexibility index (Phi) is 4.26. The van der Waals surface area contributed by atoms with Crippen LogP contribution in [0.3, 0.4) is 0 Å². The van der Waals surface area contributed by atoms with Gasteiger partial charge in [-0.3, -0.25) is 14.0 Å². The molecule has 1 fully saturated rings. The molecule has 1 aromatic heterocycles. The first-order chi connectivity index (χ1) is 9.30. The smallest absolute Gasteiger partial charge is 0.349 e. The summed E-state index contributed by atoms with van der Waals surface area (Å²) >= 11 is 0. The third-order valence-electron chi connectivity index (χ3n) is 3.33. The highest BCUT2D eigenvalue weighted by Gasteiger charge is 2.36. The highest BCUT2D eigenvalue weighted by molar-refractivity contribution is 7.51. The lowest BCUT2D eigenvalue weighted by Crippen LogP contribution is -2.33. The summed E-state index contributed by atoms with van der Waals surface area (Å²) in [6.07, 6.45) is 1.48. The fourth-order valence-corrected chi connectivity index (χ4v) is 3.28. The number of nitrogens with zero attached hydrogens (tertiary/aromatic N) is 3. The average molecular weight is 304 g/mol. The second-order valence-electron chi connectivity index (χ2n) is 4.85. The number of rotatable bonds is 4. The summed E-state index contributed by atoms with van der Waals surface area (Å²) < 4.78 is 12.5. The van der Waals surface area contributed by atoms with Gasteiger partial charge in [0, 0.05) is 18.8 Å². The van der Waals surface area contributed by atoms with E-state index in [1.54, 1.807) is 0 Å². The third kappa shape index (κ3) is 3.44. The first kappa shape index (κ1) is 15.1. The monoisotopic (exact) mass is 304 g/mol. The average Bonchev–Trinajstić information content (AvgIpc) is 2.69. The molecular formula is C10H17N4O5P. The zero-order chi connectivity index (χ0) is 14.9. The van der Waals surface area contributed by atoms with Gasteiger partial charge in [0.25, 0.3) is 0 Å². The van der Waals surface area contributed by atoms with E-state index in [0.717, 1.165) is 0 Å². The number of likely N-dealkylation sites (tertiary alicyclic amines) is 1. The molecule has 1 aliphatic rings. The minimum Gasteiger partial charge on any atom is -0.395 e. The van der Waals surface area contributed by atoms with Gasteiger partial charge in [0.1, 0.15) is 12.1 Å². The van der Waals surface area contributed by atoms with Gasteiger partial charge in [0.2, 0.25) is 0 Å². The Morgan fingerprint density at radius 2 is 2.20 bits per heavy atom. The maximum Gasteiger partial charge on any atom is 0.349 e. The van der Waals surface area contributed by atoms with Crippen LogP contribution in [0, 0.1) is 0 Å². The van der Waals surface area contributed by atoms with Gasteiger partial charge in [0.15, 0.2) is 0 Å². The fourth-order valence-electron chi connectivity index (χ4n) is 2.46. The van der Waals surface area contributed by atoms with Crippen molar-refractivity contribution in [1.29, 1.82) is 0 Å². The highest BCUT2D eigenvalue weighted by Crippen LogP contribution is 2.39. The maximum absolute atomic E-state index is 11.8. The number of hydrogen-bond acceptors (Lipinski definition) is 6. The molecule has 20 heavy (non-hydrogen) atoms. The lowest BCUT2D eigenvalue weighted by Gasteiger charge is -2.22. The minimum atomic E-state index is -4.21. The van der Waals surface area contributed by atoms with Crippen LogP contribution in [0.1, 0.15) is 12.5 Å².